The van der Waals surface area contributed by atoms with E-state index in [2.05, 4.69) is 20.2 Å². The maximum absolute atomic E-state index is 13.8. The molecule has 0 atom stereocenters. The van der Waals surface area contributed by atoms with Crippen molar-refractivity contribution in [3.63, 3.8) is 0 Å². The first-order valence-corrected chi connectivity index (χ1v) is 8.99. The molecule has 0 aliphatic carbocycles. The Kier molecular flexibility index (Phi) is 4.74. The van der Waals surface area contributed by atoms with Gasteiger partial charge in [-0.25, -0.2) is 9.37 Å². The molecular weight excluding hydrogens is 335 g/mol. The Morgan fingerprint density at radius 2 is 1.88 bits per heavy atom. The molecule has 138 valence electrons. The van der Waals surface area contributed by atoms with Gasteiger partial charge in [-0.1, -0.05) is 18.2 Å². The molecule has 0 saturated carbocycles. The molecule has 26 heavy (non-hydrogen) atoms. The molecule has 2 aliphatic rings. The number of anilines is 2. The Morgan fingerprint density at radius 1 is 1.15 bits per heavy atom. The van der Waals surface area contributed by atoms with Gasteiger partial charge in [0.1, 0.15) is 11.6 Å². The Morgan fingerprint density at radius 3 is 2.62 bits per heavy atom. The zero-order valence-corrected chi connectivity index (χ0v) is 14.9. The molecular formula is C19H23FN4O2. The first kappa shape index (κ1) is 17.2. The summed E-state index contributed by atoms with van der Waals surface area (Å²) in [7, 11) is 0. The number of hydrogen-bond acceptors (Lipinski definition) is 6. The topological polar surface area (TPSA) is 59.5 Å². The van der Waals surface area contributed by atoms with Gasteiger partial charge in [0.15, 0.2) is 5.79 Å². The lowest BCUT2D eigenvalue weighted by Crippen LogP contribution is -2.45. The SMILES string of the molecule is Cc1cc(N2CCC3(CC2)OCCO3)nc(NCc2ccccc2F)n1. The average Bonchev–Trinajstić information content (AvgIpc) is 3.09. The molecule has 4 rings (SSSR count). The zero-order valence-electron chi connectivity index (χ0n) is 14.9. The lowest BCUT2D eigenvalue weighted by Gasteiger charge is -2.38. The van der Waals surface area contributed by atoms with Crippen molar-refractivity contribution in [1.82, 2.24) is 9.97 Å². The van der Waals surface area contributed by atoms with Crippen LogP contribution in [-0.4, -0.2) is 42.1 Å². The molecule has 1 N–H and O–H groups in total. The van der Waals surface area contributed by atoms with E-state index in [0.29, 0.717) is 31.3 Å². The molecule has 0 unspecified atom stereocenters. The quantitative estimate of drug-likeness (QED) is 0.907. The molecule has 2 aromatic rings. The minimum absolute atomic E-state index is 0.231. The summed E-state index contributed by atoms with van der Waals surface area (Å²) >= 11 is 0. The molecule has 2 saturated heterocycles. The van der Waals surface area contributed by atoms with Crippen LogP contribution >= 0.6 is 0 Å². The fourth-order valence-corrected chi connectivity index (χ4v) is 3.47. The summed E-state index contributed by atoms with van der Waals surface area (Å²) in [6.07, 6.45) is 1.65. The third-order valence-corrected chi connectivity index (χ3v) is 4.90. The van der Waals surface area contributed by atoms with Crippen LogP contribution in [0, 0.1) is 12.7 Å². The van der Waals surface area contributed by atoms with Gasteiger partial charge in [0.05, 0.1) is 13.2 Å². The van der Waals surface area contributed by atoms with Crippen LogP contribution in [0.4, 0.5) is 16.2 Å². The van der Waals surface area contributed by atoms with Gasteiger partial charge >= 0.3 is 0 Å². The Hall–Kier alpha value is -2.25. The van der Waals surface area contributed by atoms with Crippen molar-refractivity contribution >= 4 is 11.8 Å². The van der Waals surface area contributed by atoms with E-state index in [4.69, 9.17) is 9.47 Å². The van der Waals surface area contributed by atoms with Crippen molar-refractivity contribution in [3.05, 3.63) is 47.4 Å². The van der Waals surface area contributed by atoms with E-state index in [1.54, 1.807) is 12.1 Å². The first-order chi connectivity index (χ1) is 12.6. The van der Waals surface area contributed by atoms with Gasteiger partial charge in [-0.3, -0.25) is 0 Å². The number of aromatic nitrogens is 2. The summed E-state index contributed by atoms with van der Waals surface area (Å²) in [4.78, 5) is 11.3. The third kappa shape index (κ3) is 3.64. The fourth-order valence-electron chi connectivity index (χ4n) is 3.47. The summed E-state index contributed by atoms with van der Waals surface area (Å²) in [6.45, 7) is 5.29. The van der Waals surface area contributed by atoms with Crippen LogP contribution in [0.15, 0.2) is 30.3 Å². The van der Waals surface area contributed by atoms with Crippen LogP contribution in [0.2, 0.25) is 0 Å². The van der Waals surface area contributed by atoms with Crippen LogP contribution in [0.1, 0.15) is 24.1 Å². The summed E-state index contributed by atoms with van der Waals surface area (Å²) in [5, 5.41) is 3.13. The van der Waals surface area contributed by atoms with E-state index in [0.717, 1.165) is 37.4 Å². The van der Waals surface area contributed by atoms with Gasteiger partial charge in [0.25, 0.3) is 0 Å². The van der Waals surface area contributed by atoms with Gasteiger partial charge in [0, 0.05) is 49.8 Å². The molecule has 1 aromatic heterocycles. The zero-order chi connectivity index (χ0) is 18.0. The molecule has 6 nitrogen and oxygen atoms in total. The fraction of sp³-hybridized carbons (Fsp3) is 0.474. The van der Waals surface area contributed by atoms with Crippen LogP contribution in [0.25, 0.3) is 0 Å². The second kappa shape index (κ2) is 7.17. The average molecular weight is 358 g/mol. The number of rotatable bonds is 4. The summed E-state index contributed by atoms with van der Waals surface area (Å²) < 4.78 is 25.3. The van der Waals surface area contributed by atoms with E-state index in [1.165, 1.54) is 6.07 Å². The van der Waals surface area contributed by atoms with Crippen molar-refractivity contribution in [3.8, 4) is 0 Å². The predicted octanol–water partition coefficient (Wildman–Crippen LogP) is 2.88. The molecule has 0 radical (unpaired) electrons. The molecule has 2 aliphatic heterocycles. The van der Waals surface area contributed by atoms with Gasteiger partial charge in [-0.2, -0.15) is 4.98 Å². The van der Waals surface area contributed by atoms with Crippen molar-refractivity contribution in [2.75, 3.05) is 36.5 Å². The number of piperidine rings is 1. The van der Waals surface area contributed by atoms with Crippen molar-refractivity contribution in [2.45, 2.75) is 32.1 Å². The maximum atomic E-state index is 13.8. The summed E-state index contributed by atoms with van der Waals surface area (Å²) in [5.41, 5.74) is 1.47. The number of ether oxygens (including phenoxy) is 2. The van der Waals surface area contributed by atoms with Crippen LogP contribution in [0.5, 0.6) is 0 Å². The second-order valence-corrected chi connectivity index (χ2v) is 6.73. The third-order valence-electron chi connectivity index (χ3n) is 4.90. The second-order valence-electron chi connectivity index (χ2n) is 6.73. The van der Waals surface area contributed by atoms with E-state index in [9.17, 15) is 4.39 Å². The molecule has 1 spiro atoms. The monoisotopic (exact) mass is 358 g/mol. The summed E-state index contributed by atoms with van der Waals surface area (Å²) in [6, 6.07) is 8.68. The number of benzene rings is 1. The van der Waals surface area contributed by atoms with E-state index < -0.39 is 5.79 Å². The molecule has 3 heterocycles. The number of hydrogen-bond donors (Lipinski definition) is 1. The van der Waals surface area contributed by atoms with E-state index >= 15 is 0 Å². The standard InChI is InChI=1S/C19H23FN4O2/c1-14-12-17(24-8-6-19(7-9-24)25-10-11-26-19)23-18(22-14)21-13-15-4-2-3-5-16(15)20/h2-5,12H,6-11,13H2,1H3,(H,21,22,23). The van der Waals surface area contributed by atoms with Gasteiger partial charge in [-0.15, -0.1) is 0 Å². The van der Waals surface area contributed by atoms with Gasteiger partial charge < -0.3 is 19.7 Å². The highest BCUT2D eigenvalue weighted by atomic mass is 19.1. The van der Waals surface area contributed by atoms with Crippen molar-refractivity contribution in [1.29, 1.82) is 0 Å². The number of aryl methyl sites for hydroxylation is 1. The van der Waals surface area contributed by atoms with Crippen LogP contribution in [0.3, 0.4) is 0 Å². The Balaban J connectivity index is 1.44. The molecule has 7 heteroatoms. The largest absolute Gasteiger partial charge is 0.356 e. The van der Waals surface area contributed by atoms with Gasteiger partial charge in [-0.05, 0) is 13.0 Å². The molecule has 1 aromatic carbocycles. The minimum atomic E-state index is -0.398. The van der Waals surface area contributed by atoms with E-state index in [1.807, 2.05) is 19.1 Å². The lowest BCUT2D eigenvalue weighted by molar-refractivity contribution is -0.169. The van der Waals surface area contributed by atoms with Crippen molar-refractivity contribution in [2.24, 2.45) is 0 Å². The Labute approximate surface area is 152 Å². The number of halogens is 1. The Bertz CT molecular complexity index is 770. The lowest BCUT2D eigenvalue weighted by atomic mass is 10.0. The van der Waals surface area contributed by atoms with E-state index in [-0.39, 0.29) is 5.82 Å². The van der Waals surface area contributed by atoms with Crippen molar-refractivity contribution < 1.29 is 13.9 Å². The maximum Gasteiger partial charge on any atom is 0.225 e. The number of nitrogens with zero attached hydrogens (tertiary/aromatic N) is 3. The molecule has 0 bridgehead atoms. The first-order valence-electron chi connectivity index (χ1n) is 8.99. The van der Waals surface area contributed by atoms with Crippen LogP contribution in [-0.2, 0) is 16.0 Å². The predicted molar refractivity (Wildman–Crippen MR) is 96.6 cm³/mol. The summed E-state index contributed by atoms with van der Waals surface area (Å²) in [5.74, 6) is 0.758. The highest BCUT2D eigenvalue weighted by Crippen LogP contribution is 2.33. The highest BCUT2D eigenvalue weighted by Gasteiger charge is 2.40. The molecule has 0 amide bonds. The normalized spacial score (nSPS) is 19.1. The minimum Gasteiger partial charge on any atom is -0.356 e. The number of nitrogens with one attached hydrogen (secondary N) is 1. The molecule has 2 fully saturated rings. The highest BCUT2D eigenvalue weighted by molar-refractivity contribution is 5.45. The van der Waals surface area contributed by atoms with Gasteiger partial charge in [0.2, 0.25) is 5.95 Å². The smallest absolute Gasteiger partial charge is 0.225 e. The van der Waals surface area contributed by atoms with Crippen LogP contribution < -0.4 is 10.2 Å².